The number of thiazole rings is 1. The lowest BCUT2D eigenvalue weighted by Gasteiger charge is -2.12. The lowest BCUT2D eigenvalue weighted by molar-refractivity contribution is 0.0552. The predicted octanol–water partition coefficient (Wildman–Crippen LogP) is 3.28. The minimum Gasteiger partial charge on any atom is -0.378 e. The maximum atomic E-state index is 5.81. The summed E-state index contributed by atoms with van der Waals surface area (Å²) in [7, 11) is 1.71. The molecule has 1 aromatic rings. The first-order valence-corrected chi connectivity index (χ1v) is 7.88. The zero-order valence-corrected chi connectivity index (χ0v) is 13.3. The van der Waals surface area contributed by atoms with E-state index in [1.165, 1.54) is 4.88 Å². The third-order valence-corrected chi connectivity index (χ3v) is 4.00. The predicted molar refractivity (Wildman–Crippen MR) is 79.5 cm³/mol. The maximum Gasteiger partial charge on any atom is 0.122 e. The molecule has 5 heteroatoms. The molecule has 0 amide bonds. The minimum atomic E-state index is 0.131. The van der Waals surface area contributed by atoms with Gasteiger partial charge in [0.15, 0.2) is 0 Å². The van der Waals surface area contributed by atoms with E-state index in [0.717, 1.165) is 43.2 Å². The van der Waals surface area contributed by atoms with Gasteiger partial charge >= 0.3 is 0 Å². The Morgan fingerprint density at radius 3 is 2.68 bits per heavy atom. The van der Waals surface area contributed by atoms with Gasteiger partial charge in [0.05, 0.1) is 12.3 Å². The van der Waals surface area contributed by atoms with Crippen molar-refractivity contribution in [1.82, 2.24) is 10.3 Å². The van der Waals surface area contributed by atoms with E-state index in [1.807, 2.05) is 6.92 Å². The summed E-state index contributed by atoms with van der Waals surface area (Å²) < 4.78 is 11.0. The van der Waals surface area contributed by atoms with Crippen molar-refractivity contribution in [2.45, 2.75) is 52.9 Å². The first-order valence-electron chi connectivity index (χ1n) is 7.06. The molecule has 0 aliphatic heterocycles. The lowest BCUT2D eigenvalue weighted by atomic mass is 10.2. The fraction of sp³-hybridized carbons (Fsp3) is 0.786. The van der Waals surface area contributed by atoms with Crippen LogP contribution in [-0.2, 0) is 22.6 Å². The average Bonchev–Trinajstić information content (AvgIpc) is 2.80. The van der Waals surface area contributed by atoms with E-state index < -0.39 is 0 Å². The highest BCUT2D eigenvalue weighted by atomic mass is 32.1. The molecule has 1 unspecified atom stereocenters. The molecule has 0 saturated carbocycles. The summed E-state index contributed by atoms with van der Waals surface area (Å²) in [5.41, 5.74) is 1.05. The van der Waals surface area contributed by atoms with Gasteiger partial charge in [0.25, 0.3) is 0 Å². The molecule has 0 spiro atoms. The summed E-state index contributed by atoms with van der Waals surface area (Å²) in [6.45, 7) is 9.44. The SMILES string of the molecule is CCCC(OCC)c1nc(COC)c(CNCC)s1. The molecule has 0 saturated heterocycles. The smallest absolute Gasteiger partial charge is 0.122 e. The molecule has 110 valence electrons. The number of methoxy groups -OCH3 is 1. The van der Waals surface area contributed by atoms with Crippen molar-refractivity contribution in [3.8, 4) is 0 Å². The Morgan fingerprint density at radius 2 is 2.11 bits per heavy atom. The molecule has 1 rings (SSSR count). The van der Waals surface area contributed by atoms with Crippen LogP contribution in [-0.4, -0.2) is 25.2 Å². The van der Waals surface area contributed by atoms with Crippen LogP contribution in [0, 0.1) is 0 Å². The second-order valence-corrected chi connectivity index (χ2v) is 5.48. The molecule has 0 aromatic carbocycles. The van der Waals surface area contributed by atoms with Crippen LogP contribution in [0.3, 0.4) is 0 Å². The monoisotopic (exact) mass is 286 g/mol. The van der Waals surface area contributed by atoms with Crippen molar-refractivity contribution < 1.29 is 9.47 Å². The number of nitrogens with one attached hydrogen (secondary N) is 1. The summed E-state index contributed by atoms with van der Waals surface area (Å²) >= 11 is 1.75. The average molecular weight is 286 g/mol. The van der Waals surface area contributed by atoms with Crippen LogP contribution in [0.15, 0.2) is 0 Å². The van der Waals surface area contributed by atoms with Crippen LogP contribution in [0.5, 0.6) is 0 Å². The highest BCUT2D eigenvalue weighted by Crippen LogP contribution is 2.29. The topological polar surface area (TPSA) is 43.4 Å². The van der Waals surface area contributed by atoms with Gasteiger partial charge in [-0.2, -0.15) is 0 Å². The fourth-order valence-electron chi connectivity index (χ4n) is 1.91. The quantitative estimate of drug-likeness (QED) is 0.717. The zero-order valence-electron chi connectivity index (χ0n) is 12.5. The summed E-state index contributed by atoms with van der Waals surface area (Å²) in [5.74, 6) is 0. The Balaban J connectivity index is 2.86. The van der Waals surface area contributed by atoms with Crippen LogP contribution < -0.4 is 5.32 Å². The Labute approximate surface area is 120 Å². The van der Waals surface area contributed by atoms with Crippen LogP contribution in [0.4, 0.5) is 0 Å². The first-order chi connectivity index (χ1) is 9.26. The standard InChI is InChI=1S/C14H26N2O2S/c1-5-8-12(18-7-3)14-16-11(10-17-4)13(19-14)9-15-6-2/h12,15H,5-10H2,1-4H3. The fourth-order valence-corrected chi connectivity index (χ4v) is 3.03. The number of hydrogen-bond donors (Lipinski definition) is 1. The Morgan fingerprint density at radius 1 is 1.32 bits per heavy atom. The molecular weight excluding hydrogens is 260 g/mol. The Bertz CT molecular complexity index is 349. The molecular formula is C14H26N2O2S. The Kier molecular flexibility index (Phi) is 8.21. The first kappa shape index (κ1) is 16.6. The maximum absolute atomic E-state index is 5.81. The molecule has 19 heavy (non-hydrogen) atoms. The largest absolute Gasteiger partial charge is 0.378 e. The zero-order chi connectivity index (χ0) is 14.1. The highest BCUT2D eigenvalue weighted by molar-refractivity contribution is 7.11. The van der Waals surface area contributed by atoms with E-state index >= 15 is 0 Å². The molecule has 0 aliphatic carbocycles. The van der Waals surface area contributed by atoms with Crippen LogP contribution in [0.2, 0.25) is 0 Å². The number of rotatable bonds is 10. The van der Waals surface area contributed by atoms with E-state index in [0.29, 0.717) is 6.61 Å². The van der Waals surface area contributed by atoms with Gasteiger partial charge in [0.1, 0.15) is 11.1 Å². The van der Waals surface area contributed by atoms with Crippen LogP contribution >= 0.6 is 11.3 Å². The van der Waals surface area contributed by atoms with Crippen molar-refractivity contribution >= 4 is 11.3 Å². The Hall–Kier alpha value is -0.490. The highest BCUT2D eigenvalue weighted by Gasteiger charge is 2.18. The third kappa shape index (κ3) is 5.18. The van der Waals surface area contributed by atoms with Gasteiger partial charge in [-0.1, -0.05) is 20.3 Å². The van der Waals surface area contributed by atoms with E-state index in [-0.39, 0.29) is 6.10 Å². The second kappa shape index (κ2) is 9.42. The second-order valence-electron chi connectivity index (χ2n) is 4.37. The summed E-state index contributed by atoms with van der Waals surface area (Å²) in [6, 6.07) is 0. The van der Waals surface area contributed by atoms with Gasteiger partial charge in [0.2, 0.25) is 0 Å². The normalized spacial score (nSPS) is 12.8. The van der Waals surface area contributed by atoms with Crippen molar-refractivity contribution in [2.24, 2.45) is 0 Å². The van der Waals surface area contributed by atoms with Crippen molar-refractivity contribution in [3.63, 3.8) is 0 Å². The summed E-state index contributed by atoms with van der Waals surface area (Å²) in [4.78, 5) is 5.98. The molecule has 1 N–H and O–H groups in total. The van der Waals surface area contributed by atoms with Crippen molar-refractivity contribution in [1.29, 1.82) is 0 Å². The molecule has 0 aliphatic rings. The minimum absolute atomic E-state index is 0.131. The van der Waals surface area contributed by atoms with Gasteiger partial charge in [-0.3, -0.25) is 0 Å². The van der Waals surface area contributed by atoms with E-state index in [1.54, 1.807) is 18.4 Å². The molecule has 0 fully saturated rings. The molecule has 1 heterocycles. The van der Waals surface area contributed by atoms with Gasteiger partial charge in [-0.05, 0) is 19.9 Å². The van der Waals surface area contributed by atoms with Crippen molar-refractivity contribution in [2.75, 3.05) is 20.3 Å². The van der Waals surface area contributed by atoms with Crippen LogP contribution in [0.1, 0.15) is 55.3 Å². The third-order valence-electron chi connectivity index (χ3n) is 2.81. The number of nitrogens with zero attached hydrogens (tertiary/aromatic N) is 1. The van der Waals surface area contributed by atoms with Gasteiger partial charge in [-0.15, -0.1) is 11.3 Å². The summed E-state index contributed by atoms with van der Waals surface area (Å²) in [5, 5.41) is 4.44. The van der Waals surface area contributed by atoms with E-state index in [2.05, 4.69) is 19.2 Å². The lowest BCUT2D eigenvalue weighted by Crippen LogP contribution is -2.12. The number of aromatic nitrogens is 1. The molecule has 1 atom stereocenters. The molecule has 4 nitrogen and oxygen atoms in total. The van der Waals surface area contributed by atoms with Crippen LogP contribution in [0.25, 0.3) is 0 Å². The van der Waals surface area contributed by atoms with Crippen molar-refractivity contribution in [3.05, 3.63) is 15.6 Å². The molecule has 0 radical (unpaired) electrons. The van der Waals surface area contributed by atoms with Gasteiger partial charge in [-0.25, -0.2) is 4.98 Å². The molecule has 0 bridgehead atoms. The number of hydrogen-bond acceptors (Lipinski definition) is 5. The van der Waals surface area contributed by atoms with E-state index in [9.17, 15) is 0 Å². The summed E-state index contributed by atoms with van der Waals surface area (Å²) in [6.07, 6.45) is 2.26. The van der Waals surface area contributed by atoms with Gasteiger partial charge < -0.3 is 14.8 Å². The molecule has 1 aromatic heterocycles. The van der Waals surface area contributed by atoms with Gasteiger partial charge in [0, 0.05) is 25.1 Å². The van der Waals surface area contributed by atoms with E-state index in [4.69, 9.17) is 14.5 Å². The number of ether oxygens (including phenoxy) is 2.